The minimum atomic E-state index is -0.164. The van der Waals surface area contributed by atoms with Crippen LogP contribution in [0.15, 0.2) is 32.2 Å². The molecule has 14 heavy (non-hydrogen) atoms. The van der Waals surface area contributed by atoms with Crippen LogP contribution in [0, 0.1) is 3.57 Å². The second-order valence-corrected chi connectivity index (χ2v) is 4.46. The molecule has 2 aromatic heterocycles. The van der Waals surface area contributed by atoms with Crippen LogP contribution in [-0.4, -0.2) is 9.97 Å². The summed E-state index contributed by atoms with van der Waals surface area (Å²) in [6, 6.07) is 3.47. The highest BCUT2D eigenvalue weighted by atomic mass is 127. The van der Waals surface area contributed by atoms with Gasteiger partial charge in [-0.05, 0) is 50.7 Å². The van der Waals surface area contributed by atoms with Crippen molar-refractivity contribution >= 4 is 38.5 Å². The lowest BCUT2D eigenvalue weighted by Gasteiger charge is -1.95. The van der Waals surface area contributed by atoms with Crippen molar-refractivity contribution in [1.29, 1.82) is 0 Å². The van der Waals surface area contributed by atoms with Crippen LogP contribution in [-0.2, 0) is 0 Å². The standard InChI is InChI=1S/C8H4BrIN2O2/c9-6-2-1-5(14-6)7-11-3-4(10)8(13)12-7/h1-3H,(H,11,12,13). The predicted octanol–water partition coefficient (Wildman–Crippen LogP) is 2.40. The van der Waals surface area contributed by atoms with E-state index in [0.29, 0.717) is 19.8 Å². The van der Waals surface area contributed by atoms with Crippen molar-refractivity contribution in [2.45, 2.75) is 0 Å². The van der Waals surface area contributed by atoms with Gasteiger partial charge in [0.15, 0.2) is 16.3 Å². The number of halogens is 2. The molecule has 0 aliphatic rings. The molecule has 0 bridgehead atoms. The lowest BCUT2D eigenvalue weighted by atomic mass is 10.4. The minimum Gasteiger partial charge on any atom is -0.446 e. The molecule has 0 aliphatic heterocycles. The van der Waals surface area contributed by atoms with E-state index in [2.05, 4.69) is 25.9 Å². The van der Waals surface area contributed by atoms with Crippen LogP contribution in [0.3, 0.4) is 0 Å². The van der Waals surface area contributed by atoms with E-state index in [1.165, 1.54) is 6.20 Å². The van der Waals surface area contributed by atoms with E-state index < -0.39 is 0 Å². The van der Waals surface area contributed by atoms with Crippen molar-refractivity contribution in [1.82, 2.24) is 9.97 Å². The highest BCUT2D eigenvalue weighted by Crippen LogP contribution is 2.20. The Kier molecular flexibility index (Phi) is 2.73. The number of nitrogens with zero attached hydrogens (tertiary/aromatic N) is 1. The summed E-state index contributed by atoms with van der Waals surface area (Å²) in [4.78, 5) is 17.9. The molecule has 2 aromatic rings. The Morgan fingerprint density at radius 2 is 2.29 bits per heavy atom. The second kappa shape index (κ2) is 3.85. The van der Waals surface area contributed by atoms with Gasteiger partial charge in [-0.2, -0.15) is 0 Å². The molecule has 0 radical (unpaired) electrons. The third kappa shape index (κ3) is 1.90. The number of H-pyrrole nitrogens is 1. The van der Waals surface area contributed by atoms with Gasteiger partial charge in [-0.15, -0.1) is 0 Å². The van der Waals surface area contributed by atoms with Gasteiger partial charge in [-0.3, -0.25) is 4.79 Å². The van der Waals surface area contributed by atoms with E-state index in [0.717, 1.165) is 0 Å². The summed E-state index contributed by atoms with van der Waals surface area (Å²) in [5.74, 6) is 0.964. The molecule has 72 valence electrons. The molecule has 1 N–H and O–H groups in total. The number of aromatic nitrogens is 2. The van der Waals surface area contributed by atoms with Crippen molar-refractivity contribution in [3.8, 4) is 11.6 Å². The molecule has 4 nitrogen and oxygen atoms in total. The van der Waals surface area contributed by atoms with Crippen molar-refractivity contribution < 1.29 is 4.42 Å². The number of furan rings is 1. The summed E-state index contributed by atoms with van der Waals surface area (Å²) in [6.07, 6.45) is 1.51. The van der Waals surface area contributed by atoms with Gasteiger partial charge < -0.3 is 9.40 Å². The average Bonchev–Trinajstić information content (AvgIpc) is 2.57. The average molecular weight is 367 g/mol. The van der Waals surface area contributed by atoms with Crippen LogP contribution in [0.5, 0.6) is 0 Å². The molecule has 2 rings (SSSR count). The zero-order valence-electron chi connectivity index (χ0n) is 6.75. The van der Waals surface area contributed by atoms with Gasteiger partial charge in [0.1, 0.15) is 0 Å². The van der Waals surface area contributed by atoms with Gasteiger partial charge in [0.2, 0.25) is 0 Å². The molecule has 0 fully saturated rings. The second-order valence-electron chi connectivity index (χ2n) is 2.51. The normalized spacial score (nSPS) is 10.4. The Hall–Kier alpha value is -0.630. The molecular weight excluding hydrogens is 363 g/mol. The molecule has 0 saturated heterocycles. The molecule has 6 heteroatoms. The third-order valence-electron chi connectivity index (χ3n) is 1.56. The first-order valence-electron chi connectivity index (χ1n) is 3.67. The summed E-state index contributed by atoms with van der Waals surface area (Å²) in [5.41, 5.74) is -0.164. The zero-order chi connectivity index (χ0) is 10.1. The number of aromatic amines is 1. The van der Waals surface area contributed by atoms with Crippen LogP contribution < -0.4 is 5.56 Å². The highest BCUT2D eigenvalue weighted by molar-refractivity contribution is 14.1. The van der Waals surface area contributed by atoms with E-state index in [4.69, 9.17) is 4.42 Å². The molecular formula is C8H4BrIN2O2. The van der Waals surface area contributed by atoms with Crippen LogP contribution in [0.4, 0.5) is 0 Å². The maximum atomic E-state index is 11.3. The van der Waals surface area contributed by atoms with Crippen molar-refractivity contribution in [3.05, 3.63) is 36.9 Å². The topological polar surface area (TPSA) is 58.9 Å². The van der Waals surface area contributed by atoms with Gasteiger partial charge in [0.05, 0.1) is 3.57 Å². The molecule has 0 spiro atoms. The molecule has 0 saturated carbocycles. The van der Waals surface area contributed by atoms with E-state index in [9.17, 15) is 4.79 Å². The van der Waals surface area contributed by atoms with E-state index in [1.54, 1.807) is 12.1 Å². The number of rotatable bonds is 1. The van der Waals surface area contributed by atoms with Gasteiger partial charge >= 0.3 is 0 Å². The molecule has 0 unspecified atom stereocenters. The van der Waals surface area contributed by atoms with Crippen molar-refractivity contribution in [3.63, 3.8) is 0 Å². The number of nitrogens with one attached hydrogen (secondary N) is 1. The fourth-order valence-electron chi connectivity index (χ4n) is 0.946. The van der Waals surface area contributed by atoms with Crippen molar-refractivity contribution in [2.24, 2.45) is 0 Å². The Morgan fingerprint density at radius 1 is 1.50 bits per heavy atom. The smallest absolute Gasteiger partial charge is 0.264 e. The Bertz CT molecular complexity index is 520. The Morgan fingerprint density at radius 3 is 2.86 bits per heavy atom. The summed E-state index contributed by atoms with van der Waals surface area (Å²) in [5, 5.41) is 0. The maximum Gasteiger partial charge on any atom is 0.264 e. The molecule has 0 atom stereocenters. The molecule has 0 aromatic carbocycles. The lowest BCUT2D eigenvalue weighted by Crippen LogP contribution is -2.11. The van der Waals surface area contributed by atoms with E-state index in [1.807, 2.05) is 22.6 Å². The van der Waals surface area contributed by atoms with Crippen molar-refractivity contribution in [2.75, 3.05) is 0 Å². The monoisotopic (exact) mass is 366 g/mol. The van der Waals surface area contributed by atoms with Gasteiger partial charge in [-0.25, -0.2) is 4.98 Å². The van der Waals surface area contributed by atoms with Gasteiger partial charge in [-0.1, -0.05) is 0 Å². The van der Waals surface area contributed by atoms with Crippen LogP contribution >= 0.6 is 38.5 Å². The van der Waals surface area contributed by atoms with E-state index >= 15 is 0 Å². The summed E-state index contributed by atoms with van der Waals surface area (Å²) < 4.78 is 6.40. The summed E-state index contributed by atoms with van der Waals surface area (Å²) >= 11 is 5.09. The minimum absolute atomic E-state index is 0.164. The maximum absolute atomic E-state index is 11.3. The van der Waals surface area contributed by atoms with Crippen LogP contribution in [0.25, 0.3) is 11.6 Å². The van der Waals surface area contributed by atoms with E-state index in [-0.39, 0.29) is 5.56 Å². The van der Waals surface area contributed by atoms with Crippen LogP contribution in [0.1, 0.15) is 0 Å². The molecule has 2 heterocycles. The molecule has 0 aliphatic carbocycles. The van der Waals surface area contributed by atoms with Crippen LogP contribution in [0.2, 0.25) is 0 Å². The predicted molar refractivity (Wildman–Crippen MR) is 63.0 cm³/mol. The quantitative estimate of drug-likeness (QED) is 0.788. The first-order valence-corrected chi connectivity index (χ1v) is 5.54. The largest absolute Gasteiger partial charge is 0.446 e. The Labute approximate surface area is 101 Å². The fourth-order valence-corrected chi connectivity index (χ4v) is 1.53. The fraction of sp³-hybridized carbons (Fsp3) is 0. The highest BCUT2D eigenvalue weighted by Gasteiger charge is 2.06. The number of hydrogen-bond donors (Lipinski definition) is 1. The molecule has 0 amide bonds. The first kappa shape index (κ1) is 9.91. The first-order chi connectivity index (χ1) is 6.66. The SMILES string of the molecule is O=c1[nH]c(-c2ccc(Br)o2)ncc1I. The van der Waals surface area contributed by atoms with Gasteiger partial charge in [0.25, 0.3) is 5.56 Å². The van der Waals surface area contributed by atoms with Gasteiger partial charge in [0, 0.05) is 6.20 Å². The Balaban J connectivity index is 2.53. The third-order valence-corrected chi connectivity index (χ3v) is 2.76. The summed E-state index contributed by atoms with van der Waals surface area (Å²) in [6.45, 7) is 0. The summed E-state index contributed by atoms with van der Waals surface area (Å²) in [7, 11) is 0. The lowest BCUT2D eigenvalue weighted by molar-refractivity contribution is 0.551. The number of hydrogen-bond acceptors (Lipinski definition) is 3. The zero-order valence-corrected chi connectivity index (χ0v) is 10.5.